The minimum Gasteiger partial charge on any atom is -1.00 e. The first-order valence-electron chi connectivity index (χ1n) is 14.2. The average Bonchev–Trinajstić information content (AvgIpc) is 2.87. The summed E-state index contributed by atoms with van der Waals surface area (Å²) < 4.78 is 34.8. The monoisotopic (exact) mass is 678 g/mol. The van der Waals surface area contributed by atoms with E-state index in [4.69, 9.17) is 16.3 Å². The van der Waals surface area contributed by atoms with Crippen molar-refractivity contribution in [1.29, 1.82) is 0 Å². The van der Waals surface area contributed by atoms with Crippen molar-refractivity contribution in [3.05, 3.63) is 58.9 Å². The number of benzene rings is 1. The van der Waals surface area contributed by atoms with Crippen LogP contribution in [0.2, 0.25) is 5.02 Å². The average molecular weight is 679 g/mol. The Morgan fingerprint density at radius 2 is 1.37 bits per heavy atom. The van der Waals surface area contributed by atoms with Crippen LogP contribution in [-0.4, -0.2) is 25.6 Å². The fourth-order valence-corrected chi connectivity index (χ4v) is 5.45. The van der Waals surface area contributed by atoms with Crippen molar-refractivity contribution in [2.45, 2.75) is 111 Å². The van der Waals surface area contributed by atoms with Crippen molar-refractivity contribution in [3.8, 4) is 5.75 Å². The minimum atomic E-state index is -3.43. The zero-order chi connectivity index (χ0) is 26.9. The summed E-state index contributed by atoms with van der Waals surface area (Å²) in [6.07, 6.45) is 20.7. The van der Waals surface area contributed by atoms with Gasteiger partial charge >= 0.3 is 0 Å². The van der Waals surface area contributed by atoms with Crippen LogP contribution in [0.15, 0.2) is 42.7 Å². The first-order valence-corrected chi connectivity index (χ1v) is 16.4. The van der Waals surface area contributed by atoms with Gasteiger partial charge in [0.2, 0.25) is 10.0 Å². The SMILES string of the molecule is CCCCCCCCCCCCCCOc1c(Cl)cccc1CN(Cc1cc[n+](CC)cc1)S(C)(=O)=O.[I-]. The van der Waals surface area contributed by atoms with Gasteiger partial charge in [-0.05, 0) is 25.0 Å². The molecule has 0 aliphatic carbocycles. The molecule has 1 aromatic carbocycles. The molecule has 1 aromatic heterocycles. The fraction of sp³-hybridized carbons (Fsp3) is 0.633. The Balaban J connectivity index is 0.00000722. The third kappa shape index (κ3) is 13.9. The van der Waals surface area contributed by atoms with E-state index in [9.17, 15) is 8.42 Å². The molecule has 0 fully saturated rings. The van der Waals surface area contributed by atoms with E-state index in [-0.39, 0.29) is 30.5 Å². The Hall–Kier alpha value is -0.900. The van der Waals surface area contributed by atoms with Crippen molar-refractivity contribution in [3.63, 3.8) is 0 Å². The first-order chi connectivity index (χ1) is 17.8. The number of unbranched alkanes of at least 4 members (excludes halogenated alkanes) is 11. The fourth-order valence-electron chi connectivity index (χ4n) is 4.45. The maximum Gasteiger partial charge on any atom is 0.211 e. The highest BCUT2D eigenvalue weighted by molar-refractivity contribution is 7.88. The Morgan fingerprint density at radius 3 is 1.89 bits per heavy atom. The highest BCUT2D eigenvalue weighted by Gasteiger charge is 2.21. The quantitative estimate of drug-likeness (QED) is 0.116. The molecule has 8 heteroatoms. The van der Waals surface area contributed by atoms with Crippen molar-refractivity contribution in [2.75, 3.05) is 12.9 Å². The maximum absolute atomic E-state index is 12.6. The lowest BCUT2D eigenvalue weighted by atomic mass is 10.1. The van der Waals surface area contributed by atoms with Crippen LogP contribution in [0.5, 0.6) is 5.75 Å². The molecule has 0 radical (unpaired) electrons. The zero-order valence-corrected chi connectivity index (χ0v) is 27.4. The Kier molecular flexibility index (Phi) is 18.5. The van der Waals surface area contributed by atoms with Gasteiger partial charge in [0.15, 0.2) is 12.4 Å². The van der Waals surface area contributed by atoms with E-state index < -0.39 is 10.0 Å². The normalized spacial score (nSPS) is 11.5. The number of para-hydroxylation sites is 1. The van der Waals surface area contributed by atoms with Gasteiger partial charge in [-0.1, -0.05) is 101 Å². The summed E-state index contributed by atoms with van der Waals surface area (Å²) in [5.41, 5.74) is 1.73. The maximum atomic E-state index is 12.6. The second kappa shape index (κ2) is 20.0. The lowest BCUT2D eigenvalue weighted by Crippen LogP contribution is -3.00. The number of ether oxygens (including phenoxy) is 1. The second-order valence-electron chi connectivity index (χ2n) is 10.0. The summed E-state index contributed by atoms with van der Waals surface area (Å²) in [5, 5.41) is 0.522. The topological polar surface area (TPSA) is 50.5 Å². The highest BCUT2D eigenvalue weighted by atomic mass is 127. The molecule has 0 N–H and O–H groups in total. The van der Waals surface area contributed by atoms with Crippen molar-refractivity contribution >= 4 is 21.6 Å². The number of hydrogen-bond donors (Lipinski definition) is 0. The molecule has 5 nitrogen and oxygen atoms in total. The molecule has 0 atom stereocenters. The van der Waals surface area contributed by atoms with Gasteiger partial charge in [0, 0.05) is 30.8 Å². The van der Waals surface area contributed by atoms with Crippen LogP contribution in [-0.2, 0) is 29.7 Å². The number of aryl methyl sites for hydroxylation is 1. The lowest BCUT2D eigenvalue weighted by molar-refractivity contribution is -0.693. The number of pyridine rings is 1. The Labute approximate surface area is 254 Å². The summed E-state index contributed by atoms with van der Waals surface area (Å²) in [4.78, 5) is 0. The molecule has 0 aliphatic rings. The molecule has 0 amide bonds. The molecule has 0 bridgehead atoms. The largest absolute Gasteiger partial charge is 1.00 e. The smallest absolute Gasteiger partial charge is 0.211 e. The third-order valence-electron chi connectivity index (χ3n) is 6.79. The van der Waals surface area contributed by atoms with Crippen molar-refractivity contribution < 1.29 is 41.7 Å². The molecule has 1 heterocycles. The zero-order valence-electron chi connectivity index (χ0n) is 23.6. The second-order valence-corrected chi connectivity index (χ2v) is 12.4. The molecule has 2 rings (SSSR count). The summed E-state index contributed by atoms with van der Waals surface area (Å²) in [6, 6.07) is 9.47. The Bertz CT molecular complexity index is 1000. The van der Waals surface area contributed by atoms with Crippen LogP contribution in [0, 0.1) is 0 Å². The molecule has 2 aromatic rings. The van der Waals surface area contributed by atoms with E-state index >= 15 is 0 Å². The van der Waals surface area contributed by atoms with Gasteiger partial charge in [-0.25, -0.2) is 13.0 Å². The minimum absolute atomic E-state index is 0. The Morgan fingerprint density at radius 1 is 0.816 bits per heavy atom. The van der Waals surface area contributed by atoms with Crippen LogP contribution < -0.4 is 33.3 Å². The van der Waals surface area contributed by atoms with Crippen LogP contribution in [0.4, 0.5) is 0 Å². The number of aromatic nitrogens is 1. The summed E-state index contributed by atoms with van der Waals surface area (Å²) in [7, 11) is -3.43. The number of hydrogen-bond acceptors (Lipinski definition) is 3. The van der Waals surface area contributed by atoms with Gasteiger partial charge < -0.3 is 28.7 Å². The molecule has 0 spiro atoms. The summed E-state index contributed by atoms with van der Waals surface area (Å²) in [6.45, 7) is 6.31. The van der Waals surface area contributed by atoms with Gasteiger partial charge in [0.1, 0.15) is 12.3 Å². The van der Waals surface area contributed by atoms with E-state index in [1.54, 1.807) is 6.07 Å². The molecular weight excluding hydrogens is 631 g/mol. The van der Waals surface area contributed by atoms with Crippen molar-refractivity contribution in [2.24, 2.45) is 0 Å². The number of nitrogens with zero attached hydrogens (tertiary/aromatic N) is 2. The van der Waals surface area contributed by atoms with E-state index in [0.29, 0.717) is 23.9 Å². The number of halogens is 2. The molecular formula is C30H48ClIN2O3S. The van der Waals surface area contributed by atoms with E-state index in [1.807, 2.05) is 41.2 Å². The van der Waals surface area contributed by atoms with Gasteiger partial charge in [0.25, 0.3) is 0 Å². The van der Waals surface area contributed by atoms with Gasteiger partial charge in [0.05, 0.1) is 17.9 Å². The molecule has 0 saturated heterocycles. The van der Waals surface area contributed by atoms with Crippen LogP contribution in [0.3, 0.4) is 0 Å². The van der Waals surface area contributed by atoms with Gasteiger partial charge in [-0.3, -0.25) is 0 Å². The molecule has 216 valence electrons. The number of sulfonamides is 1. The predicted molar refractivity (Wildman–Crippen MR) is 154 cm³/mol. The highest BCUT2D eigenvalue weighted by Crippen LogP contribution is 2.31. The van der Waals surface area contributed by atoms with Crippen LogP contribution >= 0.6 is 11.6 Å². The molecule has 38 heavy (non-hydrogen) atoms. The van der Waals surface area contributed by atoms with Crippen molar-refractivity contribution in [1.82, 2.24) is 4.31 Å². The molecule has 0 unspecified atom stereocenters. The first kappa shape index (κ1) is 35.1. The lowest BCUT2D eigenvalue weighted by Gasteiger charge is -2.22. The van der Waals surface area contributed by atoms with E-state index in [2.05, 4.69) is 13.8 Å². The predicted octanol–water partition coefficient (Wildman–Crippen LogP) is 4.69. The van der Waals surface area contributed by atoms with Crippen LogP contribution in [0.1, 0.15) is 102 Å². The van der Waals surface area contributed by atoms with Gasteiger partial charge in [-0.2, -0.15) is 4.31 Å². The van der Waals surface area contributed by atoms with E-state index in [0.717, 1.165) is 30.5 Å². The number of rotatable bonds is 20. The van der Waals surface area contributed by atoms with E-state index in [1.165, 1.54) is 74.8 Å². The third-order valence-corrected chi connectivity index (χ3v) is 8.29. The summed E-state index contributed by atoms with van der Waals surface area (Å²) >= 11 is 6.48. The molecule has 0 aliphatic heterocycles. The summed E-state index contributed by atoms with van der Waals surface area (Å²) in [5.74, 6) is 0.595. The van der Waals surface area contributed by atoms with Crippen LogP contribution in [0.25, 0.3) is 0 Å². The van der Waals surface area contributed by atoms with Gasteiger partial charge in [-0.15, -0.1) is 0 Å². The standard InChI is InChI=1S/C30H48ClN2O3S.HI/c1-4-6-7-8-9-10-11-12-13-14-15-16-24-36-30-28(18-17-19-29(30)31)26-33(37(3,34)35)25-27-20-22-32(5-2)23-21-27;/h17-23H,4-16,24-26H2,1-3H3;1H/q+1;/p-1. The molecule has 0 saturated carbocycles.